The lowest BCUT2D eigenvalue weighted by Gasteiger charge is -2.24. The largest absolute Gasteiger partial charge is 0.390 e. The third kappa shape index (κ3) is 3.91. The van der Waals surface area contributed by atoms with Crippen molar-refractivity contribution < 1.29 is 14.7 Å². The van der Waals surface area contributed by atoms with E-state index in [0.29, 0.717) is 19.6 Å². The molecule has 1 fully saturated rings. The molecule has 6 heteroatoms. The van der Waals surface area contributed by atoms with E-state index < -0.39 is 17.7 Å². The Morgan fingerprint density at radius 2 is 1.90 bits per heavy atom. The van der Waals surface area contributed by atoms with E-state index in [9.17, 15) is 14.7 Å². The first-order chi connectivity index (χ1) is 9.31. The maximum absolute atomic E-state index is 12.0. The number of carbonyl (C=O) groups excluding carboxylic acids is 2. The second-order valence-electron chi connectivity index (χ2n) is 5.42. The first kappa shape index (κ1) is 16.4. The molecule has 20 heavy (non-hydrogen) atoms. The van der Waals surface area contributed by atoms with Crippen LogP contribution in [0.3, 0.4) is 0 Å². The lowest BCUT2D eigenvalue weighted by atomic mass is 10.1. The molecule has 0 bridgehead atoms. The smallest absolute Gasteiger partial charge is 0.325 e. The van der Waals surface area contributed by atoms with Crippen LogP contribution in [0.15, 0.2) is 25.3 Å². The summed E-state index contributed by atoms with van der Waals surface area (Å²) in [7, 11) is 0. The molecule has 0 aromatic carbocycles. The Kier molecular flexibility index (Phi) is 5.47. The molecule has 1 saturated heterocycles. The summed E-state index contributed by atoms with van der Waals surface area (Å²) in [6, 6.07) is -0.460. The van der Waals surface area contributed by atoms with Crippen molar-refractivity contribution in [2.24, 2.45) is 0 Å². The zero-order chi connectivity index (χ0) is 15.3. The Labute approximate surface area is 119 Å². The number of β-amino-alcohol motifs (C(OH)–C–C–N with tert-alkyl or cyclic N) is 1. The lowest BCUT2D eigenvalue weighted by molar-refractivity contribution is -0.131. The number of hydrogen-bond acceptors (Lipinski definition) is 4. The predicted octanol–water partition coefficient (Wildman–Crippen LogP) is 0.352. The summed E-state index contributed by atoms with van der Waals surface area (Å²) >= 11 is 0. The Bertz CT molecular complexity index is 396. The second-order valence-corrected chi connectivity index (χ2v) is 5.42. The third-order valence-electron chi connectivity index (χ3n) is 3.08. The van der Waals surface area contributed by atoms with E-state index in [-0.39, 0.29) is 12.5 Å². The van der Waals surface area contributed by atoms with E-state index >= 15 is 0 Å². The van der Waals surface area contributed by atoms with E-state index in [2.05, 4.69) is 18.5 Å². The van der Waals surface area contributed by atoms with Crippen molar-refractivity contribution >= 4 is 11.9 Å². The fourth-order valence-electron chi connectivity index (χ4n) is 2.14. The number of urea groups is 1. The van der Waals surface area contributed by atoms with E-state index in [1.807, 2.05) is 4.90 Å². The lowest BCUT2D eigenvalue weighted by Crippen LogP contribution is -2.44. The number of nitrogens with one attached hydrogen (secondary N) is 1. The number of aliphatic hydroxyl groups is 1. The molecule has 0 aliphatic carbocycles. The van der Waals surface area contributed by atoms with Crippen molar-refractivity contribution in [1.29, 1.82) is 0 Å². The molecule has 1 unspecified atom stereocenters. The minimum absolute atomic E-state index is 0.0150. The number of carbonyl (C=O) groups is 2. The molecule has 1 heterocycles. The number of amides is 3. The van der Waals surface area contributed by atoms with Gasteiger partial charge >= 0.3 is 6.03 Å². The molecule has 1 aliphatic heterocycles. The molecule has 0 radical (unpaired) electrons. The first-order valence-corrected chi connectivity index (χ1v) is 6.58. The van der Waals surface area contributed by atoms with Crippen molar-refractivity contribution in [2.75, 3.05) is 26.2 Å². The van der Waals surface area contributed by atoms with Gasteiger partial charge in [-0.15, -0.1) is 13.2 Å². The van der Waals surface area contributed by atoms with Gasteiger partial charge in [-0.05, 0) is 13.8 Å². The van der Waals surface area contributed by atoms with Crippen LogP contribution in [0, 0.1) is 0 Å². The summed E-state index contributed by atoms with van der Waals surface area (Å²) in [6.45, 7) is 12.1. The topological polar surface area (TPSA) is 72.9 Å². The number of nitrogens with zero attached hydrogens (tertiary/aromatic N) is 2. The van der Waals surface area contributed by atoms with Gasteiger partial charge < -0.3 is 10.4 Å². The SMILES string of the molecule is C=CCN(CC=C)CC(O)CN1C(=O)NC(C)(C)C1=O. The van der Waals surface area contributed by atoms with Crippen LogP contribution in [0.25, 0.3) is 0 Å². The van der Waals surface area contributed by atoms with Crippen LogP contribution in [-0.4, -0.2) is 64.7 Å². The molecule has 1 aliphatic rings. The number of aliphatic hydroxyl groups excluding tert-OH is 1. The normalized spacial score (nSPS) is 19.1. The summed E-state index contributed by atoms with van der Waals surface area (Å²) in [5, 5.41) is 12.6. The van der Waals surface area contributed by atoms with Crippen LogP contribution in [0.5, 0.6) is 0 Å². The molecule has 0 aromatic rings. The van der Waals surface area contributed by atoms with Crippen LogP contribution in [0.2, 0.25) is 0 Å². The average Bonchev–Trinajstić information content (AvgIpc) is 2.52. The van der Waals surface area contributed by atoms with E-state index in [0.717, 1.165) is 4.90 Å². The van der Waals surface area contributed by atoms with Gasteiger partial charge in [-0.3, -0.25) is 14.6 Å². The maximum Gasteiger partial charge on any atom is 0.325 e. The van der Waals surface area contributed by atoms with Crippen LogP contribution < -0.4 is 5.32 Å². The van der Waals surface area contributed by atoms with Gasteiger partial charge in [0.15, 0.2) is 0 Å². The molecule has 1 atom stereocenters. The number of rotatable bonds is 8. The molecule has 6 nitrogen and oxygen atoms in total. The summed E-state index contributed by atoms with van der Waals surface area (Å²) in [6.07, 6.45) is 2.65. The fourth-order valence-corrected chi connectivity index (χ4v) is 2.14. The quantitative estimate of drug-likeness (QED) is 0.497. The molecule has 112 valence electrons. The van der Waals surface area contributed by atoms with Crippen molar-refractivity contribution in [3.63, 3.8) is 0 Å². The molecule has 0 spiro atoms. The third-order valence-corrected chi connectivity index (χ3v) is 3.08. The highest BCUT2D eigenvalue weighted by Crippen LogP contribution is 2.16. The van der Waals surface area contributed by atoms with Gasteiger partial charge in [0.05, 0.1) is 12.6 Å². The summed E-state index contributed by atoms with van der Waals surface area (Å²) < 4.78 is 0. The summed E-state index contributed by atoms with van der Waals surface area (Å²) in [5.74, 6) is -0.319. The average molecular weight is 281 g/mol. The Hall–Kier alpha value is -1.66. The van der Waals surface area contributed by atoms with Crippen molar-refractivity contribution in [1.82, 2.24) is 15.1 Å². The Morgan fingerprint density at radius 1 is 1.35 bits per heavy atom. The maximum atomic E-state index is 12.0. The molecule has 0 aromatic heterocycles. The van der Waals surface area contributed by atoms with Crippen LogP contribution in [0.4, 0.5) is 4.79 Å². The van der Waals surface area contributed by atoms with Gasteiger partial charge in [0, 0.05) is 19.6 Å². The van der Waals surface area contributed by atoms with Crippen LogP contribution in [-0.2, 0) is 4.79 Å². The monoisotopic (exact) mass is 281 g/mol. The minimum atomic E-state index is -0.904. The van der Waals surface area contributed by atoms with Gasteiger partial charge in [0.1, 0.15) is 5.54 Å². The molecule has 1 rings (SSSR count). The highest BCUT2D eigenvalue weighted by molar-refractivity contribution is 6.06. The van der Waals surface area contributed by atoms with Crippen molar-refractivity contribution in [3.05, 3.63) is 25.3 Å². The van der Waals surface area contributed by atoms with Gasteiger partial charge in [0.25, 0.3) is 5.91 Å². The first-order valence-electron chi connectivity index (χ1n) is 6.58. The van der Waals surface area contributed by atoms with Gasteiger partial charge in [0.2, 0.25) is 0 Å². The zero-order valence-corrected chi connectivity index (χ0v) is 12.1. The zero-order valence-electron chi connectivity index (χ0n) is 12.1. The molecule has 2 N–H and O–H groups in total. The van der Waals surface area contributed by atoms with E-state index in [1.54, 1.807) is 26.0 Å². The minimum Gasteiger partial charge on any atom is -0.390 e. The van der Waals surface area contributed by atoms with Gasteiger partial charge in [-0.1, -0.05) is 12.2 Å². The molecular formula is C14H23N3O3. The molecular weight excluding hydrogens is 258 g/mol. The van der Waals surface area contributed by atoms with Gasteiger partial charge in [-0.25, -0.2) is 4.79 Å². The summed E-state index contributed by atoms with van der Waals surface area (Å²) in [4.78, 5) is 26.7. The highest BCUT2D eigenvalue weighted by Gasteiger charge is 2.44. The Morgan fingerprint density at radius 3 is 2.30 bits per heavy atom. The number of hydrogen-bond donors (Lipinski definition) is 2. The molecule has 0 saturated carbocycles. The molecule has 3 amide bonds. The summed E-state index contributed by atoms with van der Waals surface area (Å²) in [5.41, 5.74) is -0.904. The van der Waals surface area contributed by atoms with E-state index in [1.165, 1.54) is 0 Å². The van der Waals surface area contributed by atoms with E-state index in [4.69, 9.17) is 0 Å². The fraction of sp³-hybridized carbons (Fsp3) is 0.571. The van der Waals surface area contributed by atoms with Crippen LogP contribution >= 0.6 is 0 Å². The highest BCUT2D eigenvalue weighted by atomic mass is 16.3. The second kappa shape index (κ2) is 6.67. The van der Waals surface area contributed by atoms with Crippen molar-refractivity contribution in [2.45, 2.75) is 25.5 Å². The van der Waals surface area contributed by atoms with Crippen LogP contribution in [0.1, 0.15) is 13.8 Å². The standard InChI is InChI=1S/C14H23N3O3/c1-5-7-16(8-6-2)9-11(18)10-17-12(19)14(3,4)15-13(17)20/h5-6,11,18H,1-2,7-10H2,3-4H3,(H,15,20). The van der Waals surface area contributed by atoms with Gasteiger partial charge in [-0.2, -0.15) is 0 Å². The number of imide groups is 1. The predicted molar refractivity (Wildman–Crippen MR) is 77.2 cm³/mol. The Balaban J connectivity index is 2.59. The van der Waals surface area contributed by atoms with Crippen molar-refractivity contribution in [3.8, 4) is 0 Å².